The monoisotopic (exact) mass is 228 g/mol. The van der Waals surface area contributed by atoms with E-state index in [1.165, 1.54) is 0 Å². The zero-order chi connectivity index (χ0) is 12.1. The third kappa shape index (κ3) is 3.24. The maximum absolute atomic E-state index is 4.47. The summed E-state index contributed by atoms with van der Waals surface area (Å²) in [6.45, 7) is 4.90. The zero-order valence-corrected chi connectivity index (χ0v) is 10.1. The van der Waals surface area contributed by atoms with Crippen LogP contribution < -0.4 is 5.32 Å². The van der Waals surface area contributed by atoms with Crippen molar-refractivity contribution in [3.63, 3.8) is 0 Å². The standard InChI is InChI=1S/C13H16N4/c1-3-15-12-7-10(2)16-13(17-12)8-11-5-4-6-14-9-11/h4-7,9H,3,8H2,1-2H3,(H,15,16,17). The number of nitrogens with one attached hydrogen (secondary N) is 1. The van der Waals surface area contributed by atoms with Crippen molar-refractivity contribution < 1.29 is 0 Å². The van der Waals surface area contributed by atoms with Crippen molar-refractivity contribution in [2.45, 2.75) is 20.3 Å². The lowest BCUT2D eigenvalue weighted by molar-refractivity contribution is 0.933. The minimum absolute atomic E-state index is 0.716. The van der Waals surface area contributed by atoms with Gasteiger partial charge in [0.05, 0.1) is 0 Å². The van der Waals surface area contributed by atoms with Gasteiger partial charge >= 0.3 is 0 Å². The van der Waals surface area contributed by atoms with Crippen LogP contribution in [0.5, 0.6) is 0 Å². The van der Waals surface area contributed by atoms with Crippen molar-refractivity contribution in [3.05, 3.63) is 47.7 Å². The van der Waals surface area contributed by atoms with E-state index in [4.69, 9.17) is 0 Å². The van der Waals surface area contributed by atoms with Gasteiger partial charge in [0.1, 0.15) is 11.6 Å². The molecule has 0 saturated carbocycles. The van der Waals surface area contributed by atoms with Crippen molar-refractivity contribution in [1.82, 2.24) is 15.0 Å². The normalized spacial score (nSPS) is 10.2. The molecule has 0 fully saturated rings. The van der Waals surface area contributed by atoms with E-state index < -0.39 is 0 Å². The van der Waals surface area contributed by atoms with Crippen molar-refractivity contribution in [1.29, 1.82) is 0 Å². The largest absolute Gasteiger partial charge is 0.370 e. The van der Waals surface area contributed by atoms with Crippen LogP contribution in [-0.2, 0) is 6.42 Å². The van der Waals surface area contributed by atoms with Crippen molar-refractivity contribution in [3.8, 4) is 0 Å². The Labute approximate surface area is 101 Å². The van der Waals surface area contributed by atoms with Gasteiger partial charge in [0.25, 0.3) is 0 Å². The average Bonchev–Trinajstić information content (AvgIpc) is 2.30. The molecule has 0 unspecified atom stereocenters. The van der Waals surface area contributed by atoms with Crippen LogP contribution in [0, 0.1) is 6.92 Å². The van der Waals surface area contributed by atoms with E-state index in [2.05, 4.69) is 27.2 Å². The van der Waals surface area contributed by atoms with Crippen molar-refractivity contribution in [2.24, 2.45) is 0 Å². The van der Waals surface area contributed by atoms with E-state index in [9.17, 15) is 0 Å². The molecule has 1 N–H and O–H groups in total. The highest BCUT2D eigenvalue weighted by molar-refractivity contribution is 5.36. The molecule has 0 aliphatic carbocycles. The van der Waals surface area contributed by atoms with Crippen LogP contribution in [0.3, 0.4) is 0 Å². The Morgan fingerprint density at radius 1 is 1.29 bits per heavy atom. The number of pyridine rings is 1. The first-order valence-corrected chi connectivity index (χ1v) is 5.75. The molecule has 0 radical (unpaired) electrons. The number of hydrogen-bond donors (Lipinski definition) is 1. The molecule has 4 nitrogen and oxygen atoms in total. The lowest BCUT2D eigenvalue weighted by atomic mass is 10.2. The highest BCUT2D eigenvalue weighted by atomic mass is 15.0. The molecule has 0 aromatic carbocycles. The summed E-state index contributed by atoms with van der Waals surface area (Å²) in [6, 6.07) is 5.91. The summed E-state index contributed by atoms with van der Waals surface area (Å²) in [5, 5.41) is 3.21. The minimum atomic E-state index is 0.716. The van der Waals surface area contributed by atoms with Gasteiger partial charge in [0.15, 0.2) is 0 Å². The average molecular weight is 228 g/mol. The number of anilines is 1. The van der Waals surface area contributed by atoms with Gasteiger partial charge in [-0.15, -0.1) is 0 Å². The first-order valence-electron chi connectivity index (χ1n) is 5.75. The Kier molecular flexibility index (Phi) is 3.65. The quantitative estimate of drug-likeness (QED) is 0.871. The van der Waals surface area contributed by atoms with Crippen LogP contribution in [-0.4, -0.2) is 21.5 Å². The topological polar surface area (TPSA) is 50.7 Å². The minimum Gasteiger partial charge on any atom is -0.370 e. The Bertz CT molecular complexity index is 482. The molecule has 2 aromatic rings. The highest BCUT2D eigenvalue weighted by Crippen LogP contribution is 2.09. The van der Waals surface area contributed by atoms with Crippen LogP contribution in [0.1, 0.15) is 24.0 Å². The maximum atomic E-state index is 4.47. The number of aromatic nitrogens is 3. The van der Waals surface area contributed by atoms with E-state index in [1.807, 2.05) is 31.3 Å². The Morgan fingerprint density at radius 2 is 2.18 bits per heavy atom. The molecule has 0 saturated heterocycles. The Hall–Kier alpha value is -1.97. The van der Waals surface area contributed by atoms with Gasteiger partial charge in [0, 0.05) is 37.1 Å². The number of rotatable bonds is 4. The number of aryl methyl sites for hydroxylation is 1. The summed E-state index contributed by atoms with van der Waals surface area (Å²) < 4.78 is 0. The van der Waals surface area contributed by atoms with E-state index in [-0.39, 0.29) is 0 Å². The predicted molar refractivity (Wildman–Crippen MR) is 68.0 cm³/mol. The van der Waals surface area contributed by atoms with Crippen molar-refractivity contribution >= 4 is 5.82 Å². The van der Waals surface area contributed by atoms with Gasteiger partial charge in [-0.1, -0.05) is 6.07 Å². The Morgan fingerprint density at radius 3 is 2.88 bits per heavy atom. The fraction of sp³-hybridized carbons (Fsp3) is 0.308. The second-order valence-corrected chi connectivity index (χ2v) is 3.88. The maximum Gasteiger partial charge on any atom is 0.135 e. The molecule has 17 heavy (non-hydrogen) atoms. The SMILES string of the molecule is CCNc1cc(C)nc(Cc2cccnc2)n1. The van der Waals surface area contributed by atoms with E-state index in [1.54, 1.807) is 6.20 Å². The van der Waals surface area contributed by atoms with Gasteiger partial charge in [-0.25, -0.2) is 9.97 Å². The summed E-state index contributed by atoms with van der Waals surface area (Å²) in [5.41, 5.74) is 2.11. The molecule has 0 bridgehead atoms. The number of nitrogens with zero attached hydrogens (tertiary/aromatic N) is 3. The summed E-state index contributed by atoms with van der Waals surface area (Å²) in [4.78, 5) is 13.0. The molecular weight excluding hydrogens is 212 g/mol. The first-order chi connectivity index (χ1) is 8.28. The molecule has 4 heteroatoms. The molecule has 2 heterocycles. The molecule has 0 atom stereocenters. The van der Waals surface area contributed by atoms with Crippen LogP contribution in [0.4, 0.5) is 5.82 Å². The molecular formula is C13H16N4. The molecule has 2 rings (SSSR count). The second kappa shape index (κ2) is 5.39. The lowest BCUT2D eigenvalue weighted by Gasteiger charge is -2.06. The summed E-state index contributed by atoms with van der Waals surface area (Å²) in [7, 11) is 0. The third-order valence-corrected chi connectivity index (χ3v) is 2.34. The zero-order valence-electron chi connectivity index (χ0n) is 10.1. The highest BCUT2D eigenvalue weighted by Gasteiger charge is 2.03. The van der Waals surface area contributed by atoms with Gasteiger partial charge in [-0.3, -0.25) is 4.98 Å². The van der Waals surface area contributed by atoms with Gasteiger partial charge < -0.3 is 5.32 Å². The molecule has 0 amide bonds. The fourth-order valence-corrected chi connectivity index (χ4v) is 1.67. The van der Waals surface area contributed by atoms with Crippen molar-refractivity contribution in [2.75, 3.05) is 11.9 Å². The van der Waals surface area contributed by atoms with Gasteiger partial charge in [0.2, 0.25) is 0 Å². The van der Waals surface area contributed by atoms with Crippen LogP contribution in [0.25, 0.3) is 0 Å². The molecule has 0 aliphatic heterocycles. The first kappa shape index (κ1) is 11.5. The second-order valence-electron chi connectivity index (χ2n) is 3.88. The molecule has 88 valence electrons. The smallest absolute Gasteiger partial charge is 0.135 e. The fourth-order valence-electron chi connectivity index (χ4n) is 1.67. The van der Waals surface area contributed by atoms with Gasteiger partial charge in [-0.2, -0.15) is 0 Å². The van der Waals surface area contributed by atoms with Gasteiger partial charge in [-0.05, 0) is 25.5 Å². The lowest BCUT2D eigenvalue weighted by Crippen LogP contribution is -2.05. The van der Waals surface area contributed by atoms with E-state index in [0.29, 0.717) is 6.42 Å². The summed E-state index contributed by atoms with van der Waals surface area (Å²) >= 11 is 0. The molecule has 2 aromatic heterocycles. The van der Waals surface area contributed by atoms with Crippen LogP contribution >= 0.6 is 0 Å². The Balaban J connectivity index is 2.21. The van der Waals surface area contributed by atoms with E-state index >= 15 is 0 Å². The molecule has 0 spiro atoms. The van der Waals surface area contributed by atoms with E-state index in [0.717, 1.165) is 29.4 Å². The van der Waals surface area contributed by atoms with Crippen LogP contribution in [0.2, 0.25) is 0 Å². The molecule has 0 aliphatic rings. The summed E-state index contributed by atoms with van der Waals surface area (Å²) in [6.07, 6.45) is 4.33. The van der Waals surface area contributed by atoms with Crippen LogP contribution in [0.15, 0.2) is 30.6 Å². The number of hydrogen-bond acceptors (Lipinski definition) is 4. The summed E-state index contributed by atoms with van der Waals surface area (Å²) in [5.74, 6) is 1.72. The predicted octanol–water partition coefficient (Wildman–Crippen LogP) is 2.20. The third-order valence-electron chi connectivity index (χ3n) is 2.34.